The number of rotatable bonds is 9. The average molecular weight is 244 g/mol. The molecular formula is C13H28N2O2. The molecule has 0 aliphatic heterocycles. The molecule has 0 rings (SSSR count). The Morgan fingerprint density at radius 3 is 2.53 bits per heavy atom. The average Bonchev–Trinajstić information content (AvgIpc) is 2.29. The summed E-state index contributed by atoms with van der Waals surface area (Å²) in [6, 6.07) is -0.356. The first-order valence-electron chi connectivity index (χ1n) is 6.56. The van der Waals surface area contributed by atoms with Crippen LogP contribution in [0.1, 0.15) is 40.0 Å². The Bertz CT molecular complexity index is 208. The lowest BCUT2D eigenvalue weighted by Crippen LogP contribution is -2.46. The minimum atomic E-state index is -0.356. The number of carbonyl (C=O) groups is 1. The Balaban J connectivity index is 4.28. The summed E-state index contributed by atoms with van der Waals surface area (Å²) < 4.78 is 5.03. The SMILES string of the molecule is CCCCC(N)C(=O)N(CCOC)CC(C)C. The molecule has 0 aromatic heterocycles. The van der Waals surface area contributed by atoms with Crippen molar-refractivity contribution in [3.05, 3.63) is 0 Å². The predicted octanol–water partition coefficient (Wildman–Crippen LogP) is 1.63. The van der Waals surface area contributed by atoms with Crippen LogP contribution in [0, 0.1) is 5.92 Å². The Morgan fingerprint density at radius 2 is 2.06 bits per heavy atom. The quantitative estimate of drug-likeness (QED) is 0.671. The number of nitrogens with zero attached hydrogens (tertiary/aromatic N) is 1. The molecule has 0 aliphatic carbocycles. The highest BCUT2D eigenvalue weighted by atomic mass is 16.5. The van der Waals surface area contributed by atoms with Crippen molar-refractivity contribution >= 4 is 5.91 Å². The van der Waals surface area contributed by atoms with Gasteiger partial charge in [0, 0.05) is 20.2 Å². The van der Waals surface area contributed by atoms with E-state index in [0.717, 1.165) is 25.8 Å². The van der Waals surface area contributed by atoms with Gasteiger partial charge in [-0.25, -0.2) is 0 Å². The summed E-state index contributed by atoms with van der Waals surface area (Å²) >= 11 is 0. The van der Waals surface area contributed by atoms with Gasteiger partial charge in [-0.2, -0.15) is 0 Å². The van der Waals surface area contributed by atoms with E-state index in [1.165, 1.54) is 0 Å². The fourth-order valence-corrected chi connectivity index (χ4v) is 1.72. The van der Waals surface area contributed by atoms with E-state index in [2.05, 4.69) is 20.8 Å². The molecule has 4 nitrogen and oxygen atoms in total. The molecule has 2 N–H and O–H groups in total. The van der Waals surface area contributed by atoms with Crippen LogP contribution in [0.3, 0.4) is 0 Å². The van der Waals surface area contributed by atoms with E-state index >= 15 is 0 Å². The predicted molar refractivity (Wildman–Crippen MR) is 70.8 cm³/mol. The van der Waals surface area contributed by atoms with E-state index in [1.54, 1.807) is 7.11 Å². The van der Waals surface area contributed by atoms with Crippen LogP contribution < -0.4 is 5.73 Å². The maximum Gasteiger partial charge on any atom is 0.239 e. The van der Waals surface area contributed by atoms with Crippen LogP contribution in [0.25, 0.3) is 0 Å². The van der Waals surface area contributed by atoms with E-state index in [9.17, 15) is 4.79 Å². The van der Waals surface area contributed by atoms with Crippen molar-refractivity contribution < 1.29 is 9.53 Å². The van der Waals surface area contributed by atoms with E-state index in [0.29, 0.717) is 19.1 Å². The fraction of sp³-hybridized carbons (Fsp3) is 0.923. The monoisotopic (exact) mass is 244 g/mol. The highest BCUT2D eigenvalue weighted by Gasteiger charge is 2.20. The van der Waals surface area contributed by atoms with Crippen molar-refractivity contribution in [2.45, 2.75) is 46.1 Å². The second-order valence-corrected chi connectivity index (χ2v) is 4.92. The number of hydrogen-bond acceptors (Lipinski definition) is 3. The van der Waals surface area contributed by atoms with Crippen LogP contribution in [0.15, 0.2) is 0 Å². The molecule has 0 spiro atoms. The van der Waals surface area contributed by atoms with Gasteiger partial charge in [-0.1, -0.05) is 33.6 Å². The van der Waals surface area contributed by atoms with Gasteiger partial charge in [-0.3, -0.25) is 4.79 Å². The number of ether oxygens (including phenoxy) is 1. The van der Waals surface area contributed by atoms with Crippen molar-refractivity contribution in [3.63, 3.8) is 0 Å². The van der Waals surface area contributed by atoms with Gasteiger partial charge in [0.1, 0.15) is 0 Å². The van der Waals surface area contributed by atoms with Crippen molar-refractivity contribution in [2.75, 3.05) is 26.8 Å². The summed E-state index contributed by atoms with van der Waals surface area (Å²) in [7, 11) is 1.65. The van der Waals surface area contributed by atoms with Crippen LogP contribution in [0.2, 0.25) is 0 Å². The molecule has 0 aliphatic rings. The minimum Gasteiger partial charge on any atom is -0.383 e. The molecule has 0 saturated carbocycles. The van der Waals surface area contributed by atoms with Crippen molar-refractivity contribution in [1.29, 1.82) is 0 Å². The zero-order valence-corrected chi connectivity index (χ0v) is 11.7. The Hall–Kier alpha value is -0.610. The van der Waals surface area contributed by atoms with Gasteiger partial charge >= 0.3 is 0 Å². The summed E-state index contributed by atoms with van der Waals surface area (Å²) in [6.07, 6.45) is 2.85. The van der Waals surface area contributed by atoms with Crippen LogP contribution in [-0.2, 0) is 9.53 Å². The third-order valence-corrected chi connectivity index (χ3v) is 2.65. The number of hydrogen-bond donors (Lipinski definition) is 1. The summed E-state index contributed by atoms with van der Waals surface area (Å²) in [6.45, 7) is 8.26. The Kier molecular flexibility index (Phi) is 9.09. The number of methoxy groups -OCH3 is 1. The lowest BCUT2D eigenvalue weighted by molar-refractivity contribution is -0.134. The minimum absolute atomic E-state index is 0.0594. The van der Waals surface area contributed by atoms with Crippen LogP contribution in [0.4, 0.5) is 0 Å². The van der Waals surface area contributed by atoms with E-state index in [1.807, 2.05) is 4.90 Å². The van der Waals surface area contributed by atoms with E-state index in [4.69, 9.17) is 10.5 Å². The summed E-state index contributed by atoms with van der Waals surface area (Å²) in [5.74, 6) is 0.512. The highest BCUT2D eigenvalue weighted by Crippen LogP contribution is 2.05. The van der Waals surface area contributed by atoms with Gasteiger partial charge in [-0.15, -0.1) is 0 Å². The third-order valence-electron chi connectivity index (χ3n) is 2.65. The van der Waals surface area contributed by atoms with E-state index in [-0.39, 0.29) is 11.9 Å². The largest absolute Gasteiger partial charge is 0.383 e. The van der Waals surface area contributed by atoms with E-state index < -0.39 is 0 Å². The fourth-order valence-electron chi connectivity index (χ4n) is 1.72. The number of unbranched alkanes of at least 4 members (excludes halogenated alkanes) is 1. The van der Waals surface area contributed by atoms with Crippen molar-refractivity contribution in [1.82, 2.24) is 4.90 Å². The first-order valence-corrected chi connectivity index (χ1v) is 6.56. The molecule has 0 heterocycles. The van der Waals surface area contributed by atoms with Crippen LogP contribution in [-0.4, -0.2) is 43.7 Å². The van der Waals surface area contributed by atoms with Gasteiger partial charge in [0.25, 0.3) is 0 Å². The van der Waals surface area contributed by atoms with Gasteiger partial charge in [0.2, 0.25) is 5.91 Å². The van der Waals surface area contributed by atoms with Gasteiger partial charge in [0.15, 0.2) is 0 Å². The molecule has 0 saturated heterocycles. The van der Waals surface area contributed by atoms with Gasteiger partial charge < -0.3 is 15.4 Å². The first-order chi connectivity index (χ1) is 8.02. The molecule has 17 heavy (non-hydrogen) atoms. The number of nitrogens with two attached hydrogens (primary N) is 1. The molecule has 1 amide bonds. The smallest absolute Gasteiger partial charge is 0.239 e. The molecule has 1 atom stereocenters. The lowest BCUT2D eigenvalue weighted by atomic mass is 10.1. The first kappa shape index (κ1) is 16.4. The lowest BCUT2D eigenvalue weighted by Gasteiger charge is -2.27. The second kappa shape index (κ2) is 9.42. The molecule has 0 bridgehead atoms. The normalized spacial score (nSPS) is 12.8. The molecular weight excluding hydrogens is 216 g/mol. The second-order valence-electron chi connectivity index (χ2n) is 4.92. The third kappa shape index (κ3) is 7.34. The van der Waals surface area contributed by atoms with Crippen LogP contribution in [0.5, 0.6) is 0 Å². The van der Waals surface area contributed by atoms with Crippen molar-refractivity contribution in [2.24, 2.45) is 11.7 Å². The molecule has 0 aromatic carbocycles. The summed E-state index contributed by atoms with van der Waals surface area (Å²) in [5, 5.41) is 0. The highest BCUT2D eigenvalue weighted by molar-refractivity contribution is 5.81. The maximum absolute atomic E-state index is 12.1. The molecule has 0 aromatic rings. The topological polar surface area (TPSA) is 55.6 Å². The zero-order chi connectivity index (χ0) is 13.3. The molecule has 102 valence electrons. The number of carbonyl (C=O) groups excluding carboxylic acids is 1. The van der Waals surface area contributed by atoms with Gasteiger partial charge in [0.05, 0.1) is 12.6 Å². The maximum atomic E-state index is 12.1. The Morgan fingerprint density at radius 1 is 1.41 bits per heavy atom. The molecule has 0 fully saturated rings. The Labute approximate surface area is 105 Å². The standard InChI is InChI=1S/C13H28N2O2/c1-5-6-7-12(14)13(16)15(8-9-17-4)10-11(2)3/h11-12H,5-10,14H2,1-4H3. The summed E-state index contributed by atoms with van der Waals surface area (Å²) in [4.78, 5) is 14.0. The zero-order valence-electron chi connectivity index (χ0n) is 11.7. The van der Waals surface area contributed by atoms with Gasteiger partial charge in [-0.05, 0) is 12.3 Å². The van der Waals surface area contributed by atoms with Crippen LogP contribution >= 0.6 is 0 Å². The number of amides is 1. The summed E-state index contributed by atoms with van der Waals surface area (Å²) in [5.41, 5.74) is 5.92. The molecule has 1 unspecified atom stereocenters. The molecule has 4 heteroatoms. The molecule has 0 radical (unpaired) electrons. The van der Waals surface area contributed by atoms with Crippen molar-refractivity contribution in [3.8, 4) is 0 Å².